The average Bonchev–Trinajstić information content (AvgIpc) is 3.18. The Bertz CT molecular complexity index is 1200. The lowest BCUT2D eigenvalue weighted by molar-refractivity contribution is 0.0697. The van der Waals surface area contributed by atoms with Crippen molar-refractivity contribution in [3.05, 3.63) is 111 Å². The summed E-state index contributed by atoms with van der Waals surface area (Å²) in [6.07, 6.45) is 3.91. The highest BCUT2D eigenvalue weighted by Crippen LogP contribution is 2.63. The molecule has 5 rings (SSSR count). The maximum Gasteiger partial charge on any atom is 0.335 e. The van der Waals surface area contributed by atoms with Gasteiger partial charge in [0.15, 0.2) is 0 Å². The standard InChI is InChI=1S/C28H26O3/c1-28-24(16-19-5-3-8-23(15-19)31-2)25(28)17-22-7-4-6-20(26(22)28)12-9-18-10-13-21(14-11-18)27(29)30/h3-8,10-11,13-15H,9,12,16-17H2,1-2H3,(H,29,30). The van der Waals surface area contributed by atoms with E-state index in [9.17, 15) is 4.79 Å². The molecule has 0 heterocycles. The van der Waals surface area contributed by atoms with Crippen molar-refractivity contribution in [1.29, 1.82) is 0 Å². The van der Waals surface area contributed by atoms with E-state index in [1.54, 1.807) is 30.4 Å². The summed E-state index contributed by atoms with van der Waals surface area (Å²) in [5.74, 6) is 0.0327. The molecule has 31 heavy (non-hydrogen) atoms. The number of methoxy groups -OCH3 is 1. The lowest BCUT2D eigenvalue weighted by Crippen LogP contribution is -2.11. The highest BCUT2D eigenvalue weighted by Gasteiger charge is 2.55. The molecular formula is C28H26O3. The quantitative estimate of drug-likeness (QED) is 0.520. The summed E-state index contributed by atoms with van der Waals surface area (Å²) in [6, 6.07) is 22.4. The Kier molecular flexibility index (Phi) is 4.70. The first-order chi connectivity index (χ1) is 15.0. The molecule has 156 valence electrons. The summed E-state index contributed by atoms with van der Waals surface area (Å²) in [4.78, 5) is 11.1. The number of rotatable bonds is 7. The van der Waals surface area contributed by atoms with Gasteiger partial charge in [-0.15, -0.1) is 0 Å². The van der Waals surface area contributed by atoms with E-state index >= 15 is 0 Å². The number of aryl methyl sites for hydroxylation is 2. The van der Waals surface area contributed by atoms with Gasteiger partial charge in [-0.25, -0.2) is 4.79 Å². The van der Waals surface area contributed by atoms with Crippen LogP contribution in [-0.2, 0) is 31.1 Å². The predicted octanol–water partition coefficient (Wildman–Crippen LogP) is 5.55. The molecule has 1 N–H and O–H groups in total. The van der Waals surface area contributed by atoms with Crippen molar-refractivity contribution in [3.8, 4) is 5.75 Å². The molecule has 0 aromatic heterocycles. The summed E-state index contributed by atoms with van der Waals surface area (Å²) in [6.45, 7) is 2.38. The third kappa shape index (κ3) is 3.34. The molecule has 3 aromatic rings. The second-order valence-corrected chi connectivity index (χ2v) is 8.74. The van der Waals surface area contributed by atoms with Crippen LogP contribution in [0.1, 0.15) is 45.1 Å². The summed E-state index contributed by atoms with van der Waals surface area (Å²) in [5, 5.41) is 9.10. The zero-order valence-electron chi connectivity index (χ0n) is 17.9. The van der Waals surface area contributed by atoms with Gasteiger partial charge < -0.3 is 9.84 Å². The fourth-order valence-electron chi connectivity index (χ4n) is 5.30. The van der Waals surface area contributed by atoms with Crippen LogP contribution >= 0.6 is 0 Å². The van der Waals surface area contributed by atoms with E-state index in [2.05, 4.69) is 43.3 Å². The number of hydrogen-bond acceptors (Lipinski definition) is 2. The highest BCUT2D eigenvalue weighted by atomic mass is 16.5. The molecule has 0 radical (unpaired) electrons. The van der Waals surface area contributed by atoms with Gasteiger partial charge in [0.25, 0.3) is 0 Å². The summed E-state index contributed by atoms with van der Waals surface area (Å²) in [7, 11) is 1.71. The smallest absolute Gasteiger partial charge is 0.335 e. The Labute approximate surface area is 183 Å². The molecule has 2 aliphatic rings. The molecule has 1 atom stereocenters. The molecule has 0 bridgehead atoms. The number of carboxylic acids is 1. The van der Waals surface area contributed by atoms with E-state index in [1.165, 1.54) is 27.8 Å². The normalized spacial score (nSPS) is 18.5. The maximum absolute atomic E-state index is 11.1. The van der Waals surface area contributed by atoms with Crippen LogP contribution in [0.25, 0.3) is 0 Å². The minimum absolute atomic E-state index is 0.0994. The number of carboxylic acid groups (broad SMARTS) is 1. The number of carbonyl (C=O) groups is 1. The van der Waals surface area contributed by atoms with Crippen LogP contribution in [-0.4, -0.2) is 18.2 Å². The van der Waals surface area contributed by atoms with Crippen molar-refractivity contribution in [2.75, 3.05) is 7.11 Å². The van der Waals surface area contributed by atoms with Crippen molar-refractivity contribution < 1.29 is 14.6 Å². The number of hydrogen-bond donors (Lipinski definition) is 1. The zero-order valence-corrected chi connectivity index (χ0v) is 17.9. The number of allylic oxidation sites excluding steroid dienone is 2. The molecule has 0 amide bonds. The molecule has 0 aliphatic heterocycles. The number of ether oxygens (including phenoxy) is 1. The van der Waals surface area contributed by atoms with Gasteiger partial charge in [0.05, 0.1) is 12.7 Å². The van der Waals surface area contributed by atoms with Gasteiger partial charge in [-0.05, 0) is 84.7 Å². The average molecular weight is 411 g/mol. The van der Waals surface area contributed by atoms with Crippen molar-refractivity contribution in [1.82, 2.24) is 0 Å². The first-order valence-corrected chi connectivity index (χ1v) is 10.8. The Hall–Kier alpha value is -3.33. The minimum Gasteiger partial charge on any atom is -0.497 e. The summed E-state index contributed by atoms with van der Waals surface area (Å²) < 4.78 is 5.40. The fraction of sp³-hybridized carbons (Fsp3) is 0.250. The van der Waals surface area contributed by atoms with E-state index < -0.39 is 5.97 Å². The van der Waals surface area contributed by atoms with Crippen LogP contribution in [0.5, 0.6) is 5.75 Å². The van der Waals surface area contributed by atoms with Crippen LogP contribution in [0, 0.1) is 0 Å². The zero-order chi connectivity index (χ0) is 21.6. The van der Waals surface area contributed by atoms with Crippen molar-refractivity contribution in [3.63, 3.8) is 0 Å². The number of benzene rings is 3. The largest absolute Gasteiger partial charge is 0.497 e. The fourth-order valence-corrected chi connectivity index (χ4v) is 5.30. The van der Waals surface area contributed by atoms with Gasteiger partial charge in [-0.2, -0.15) is 0 Å². The van der Waals surface area contributed by atoms with Gasteiger partial charge in [-0.1, -0.05) is 53.6 Å². The second kappa shape index (κ2) is 7.42. The van der Waals surface area contributed by atoms with E-state index in [1.807, 2.05) is 18.2 Å². The van der Waals surface area contributed by atoms with Crippen LogP contribution in [0.15, 0.2) is 77.9 Å². The first kappa shape index (κ1) is 19.6. The van der Waals surface area contributed by atoms with E-state index in [0.717, 1.165) is 31.4 Å². The topological polar surface area (TPSA) is 46.5 Å². The van der Waals surface area contributed by atoms with Crippen molar-refractivity contribution in [2.45, 2.75) is 38.0 Å². The summed E-state index contributed by atoms with van der Waals surface area (Å²) in [5.41, 5.74) is 10.4. The molecule has 3 nitrogen and oxygen atoms in total. The Morgan fingerprint density at radius 2 is 1.77 bits per heavy atom. The van der Waals surface area contributed by atoms with Crippen LogP contribution in [0.4, 0.5) is 0 Å². The van der Waals surface area contributed by atoms with Gasteiger partial charge in [0, 0.05) is 5.41 Å². The van der Waals surface area contributed by atoms with Gasteiger partial charge >= 0.3 is 5.97 Å². The Balaban J connectivity index is 1.35. The maximum atomic E-state index is 11.1. The first-order valence-electron chi connectivity index (χ1n) is 10.8. The Morgan fingerprint density at radius 1 is 1.00 bits per heavy atom. The summed E-state index contributed by atoms with van der Waals surface area (Å²) >= 11 is 0. The van der Waals surface area contributed by atoms with Gasteiger partial charge in [0.2, 0.25) is 0 Å². The second-order valence-electron chi connectivity index (χ2n) is 8.74. The Morgan fingerprint density at radius 3 is 2.52 bits per heavy atom. The van der Waals surface area contributed by atoms with Crippen molar-refractivity contribution >= 4 is 5.97 Å². The molecule has 0 spiro atoms. The SMILES string of the molecule is COc1cccc(CC2=C3Cc4cccc(CCc5ccc(C(=O)O)cc5)c4C23C)c1. The van der Waals surface area contributed by atoms with E-state index in [0.29, 0.717) is 5.56 Å². The van der Waals surface area contributed by atoms with E-state index in [4.69, 9.17) is 9.84 Å². The number of fused-ring (bicyclic) bond motifs is 3. The molecule has 0 saturated carbocycles. The lowest BCUT2D eigenvalue weighted by atomic mass is 9.84. The van der Waals surface area contributed by atoms with Crippen LogP contribution < -0.4 is 4.74 Å². The van der Waals surface area contributed by atoms with Gasteiger partial charge in [0.1, 0.15) is 5.75 Å². The predicted molar refractivity (Wildman–Crippen MR) is 122 cm³/mol. The third-order valence-electron chi connectivity index (χ3n) is 7.01. The molecule has 1 unspecified atom stereocenters. The lowest BCUT2D eigenvalue weighted by Gasteiger charge is -2.19. The molecule has 2 aliphatic carbocycles. The van der Waals surface area contributed by atoms with E-state index in [-0.39, 0.29) is 5.41 Å². The molecule has 0 saturated heterocycles. The molecular weight excluding hydrogens is 384 g/mol. The monoisotopic (exact) mass is 410 g/mol. The third-order valence-corrected chi connectivity index (χ3v) is 7.01. The highest BCUT2D eigenvalue weighted by molar-refractivity contribution is 5.87. The van der Waals surface area contributed by atoms with Crippen LogP contribution in [0.3, 0.4) is 0 Å². The van der Waals surface area contributed by atoms with Crippen LogP contribution in [0.2, 0.25) is 0 Å². The van der Waals surface area contributed by atoms with Crippen molar-refractivity contribution in [2.24, 2.45) is 0 Å². The molecule has 0 fully saturated rings. The molecule has 3 aromatic carbocycles. The minimum atomic E-state index is -0.878. The molecule has 3 heteroatoms. The number of aromatic carboxylic acids is 1. The van der Waals surface area contributed by atoms with Gasteiger partial charge in [-0.3, -0.25) is 0 Å².